The Balaban J connectivity index is 2.55. The van der Waals surface area contributed by atoms with Crippen LogP contribution in [0.15, 0.2) is 10.7 Å². The molecule has 0 unspecified atom stereocenters. The molecule has 2 aromatic rings. The van der Waals surface area contributed by atoms with Gasteiger partial charge in [0, 0.05) is 0 Å². The summed E-state index contributed by atoms with van der Waals surface area (Å²) in [6.45, 7) is 0. The lowest BCUT2D eigenvalue weighted by atomic mass is 10.6. The number of hydrogen-bond acceptors (Lipinski definition) is 4. The van der Waals surface area contributed by atoms with Crippen molar-refractivity contribution in [2.75, 3.05) is 0 Å². The Hall–Kier alpha value is 0.0600. The number of rotatable bonds is 1. The molecule has 0 aliphatic rings. The normalized spacial score (nSPS) is 10.7. The van der Waals surface area contributed by atoms with Gasteiger partial charge < -0.3 is 0 Å². The molecular formula is C7HBrCl3N3S. The van der Waals surface area contributed by atoms with Crippen LogP contribution in [0.2, 0.25) is 14.6 Å². The van der Waals surface area contributed by atoms with Gasteiger partial charge in [0.2, 0.25) is 0 Å². The molecule has 15 heavy (non-hydrogen) atoms. The fourth-order valence-electron chi connectivity index (χ4n) is 0.848. The SMILES string of the molecule is Clc1cnc(-c2nc(Cl)c(Br)c(Cl)n2)s1. The van der Waals surface area contributed by atoms with Crippen LogP contribution in [0, 0.1) is 0 Å². The Morgan fingerprint density at radius 1 is 1.13 bits per heavy atom. The van der Waals surface area contributed by atoms with Crippen molar-refractivity contribution >= 4 is 62.1 Å². The van der Waals surface area contributed by atoms with Crippen LogP contribution in [-0.4, -0.2) is 15.0 Å². The minimum absolute atomic E-state index is 0.247. The Morgan fingerprint density at radius 2 is 1.73 bits per heavy atom. The van der Waals surface area contributed by atoms with Crippen molar-refractivity contribution in [1.29, 1.82) is 0 Å². The molecule has 3 nitrogen and oxygen atoms in total. The number of thiazole rings is 1. The van der Waals surface area contributed by atoms with Crippen molar-refractivity contribution < 1.29 is 0 Å². The topological polar surface area (TPSA) is 38.7 Å². The van der Waals surface area contributed by atoms with Gasteiger partial charge >= 0.3 is 0 Å². The lowest BCUT2D eigenvalue weighted by Gasteiger charge is -2.00. The Kier molecular flexibility index (Phi) is 3.47. The fraction of sp³-hybridized carbons (Fsp3) is 0. The zero-order chi connectivity index (χ0) is 11.0. The number of halogens is 4. The van der Waals surface area contributed by atoms with Crippen molar-refractivity contribution in [2.45, 2.75) is 0 Å². The highest BCUT2D eigenvalue weighted by atomic mass is 79.9. The van der Waals surface area contributed by atoms with E-state index in [2.05, 4.69) is 30.9 Å². The molecule has 2 aromatic heterocycles. The summed E-state index contributed by atoms with van der Waals surface area (Å²) in [5, 5.41) is 1.07. The van der Waals surface area contributed by atoms with E-state index in [0.717, 1.165) is 0 Å². The molecular weight excluding hydrogens is 344 g/mol. The first kappa shape index (κ1) is 11.5. The highest BCUT2D eigenvalue weighted by Gasteiger charge is 2.12. The van der Waals surface area contributed by atoms with Gasteiger partial charge in [0.1, 0.15) is 14.6 Å². The van der Waals surface area contributed by atoms with E-state index in [1.165, 1.54) is 17.5 Å². The zero-order valence-corrected chi connectivity index (χ0v) is 11.5. The van der Waals surface area contributed by atoms with Gasteiger partial charge in [-0.1, -0.05) is 46.1 Å². The van der Waals surface area contributed by atoms with Gasteiger partial charge in [0.25, 0.3) is 0 Å². The summed E-state index contributed by atoms with van der Waals surface area (Å²) < 4.78 is 1.03. The highest BCUT2D eigenvalue weighted by molar-refractivity contribution is 9.10. The second-order valence-electron chi connectivity index (χ2n) is 2.41. The minimum atomic E-state index is 0.247. The highest BCUT2D eigenvalue weighted by Crippen LogP contribution is 2.32. The third-order valence-electron chi connectivity index (χ3n) is 1.44. The molecule has 0 radical (unpaired) electrons. The van der Waals surface area contributed by atoms with Crippen molar-refractivity contribution in [3.8, 4) is 10.8 Å². The summed E-state index contributed by atoms with van der Waals surface area (Å²) >= 11 is 21.8. The van der Waals surface area contributed by atoms with Crippen LogP contribution < -0.4 is 0 Å². The molecule has 0 bridgehead atoms. The summed E-state index contributed by atoms with van der Waals surface area (Å²) in [6, 6.07) is 0. The van der Waals surface area contributed by atoms with Gasteiger partial charge in [-0.25, -0.2) is 15.0 Å². The van der Waals surface area contributed by atoms with Crippen molar-refractivity contribution in [1.82, 2.24) is 15.0 Å². The van der Waals surface area contributed by atoms with E-state index < -0.39 is 0 Å². The zero-order valence-electron chi connectivity index (χ0n) is 6.84. The summed E-state index contributed by atoms with van der Waals surface area (Å²) in [4.78, 5) is 12.1. The van der Waals surface area contributed by atoms with Gasteiger partial charge in [0.05, 0.1) is 10.7 Å². The van der Waals surface area contributed by atoms with Gasteiger partial charge in [-0.3, -0.25) is 0 Å². The summed E-state index contributed by atoms with van der Waals surface area (Å²) in [7, 11) is 0. The maximum Gasteiger partial charge on any atom is 0.191 e. The monoisotopic (exact) mass is 343 g/mol. The Bertz CT molecular complexity index is 493. The second kappa shape index (κ2) is 4.51. The van der Waals surface area contributed by atoms with Crippen LogP contribution in [0.3, 0.4) is 0 Å². The van der Waals surface area contributed by atoms with Gasteiger partial charge in [0.15, 0.2) is 10.8 Å². The average molecular weight is 345 g/mol. The lowest BCUT2D eigenvalue weighted by Crippen LogP contribution is -1.91. The van der Waals surface area contributed by atoms with E-state index in [-0.39, 0.29) is 10.3 Å². The number of nitrogens with zero attached hydrogens (tertiary/aromatic N) is 3. The number of aromatic nitrogens is 3. The van der Waals surface area contributed by atoms with Crippen LogP contribution in [-0.2, 0) is 0 Å². The van der Waals surface area contributed by atoms with Crippen LogP contribution in [0.5, 0.6) is 0 Å². The number of hydrogen-bond donors (Lipinski definition) is 0. The minimum Gasteiger partial charge on any atom is -0.240 e. The summed E-state index contributed by atoms with van der Waals surface area (Å²) in [5.74, 6) is 0.366. The Morgan fingerprint density at radius 3 is 2.20 bits per heavy atom. The van der Waals surface area contributed by atoms with E-state index in [4.69, 9.17) is 34.8 Å². The molecule has 0 aliphatic heterocycles. The smallest absolute Gasteiger partial charge is 0.191 e. The predicted molar refractivity (Wildman–Crippen MR) is 65.9 cm³/mol. The molecule has 0 saturated heterocycles. The van der Waals surface area contributed by atoms with Crippen molar-refractivity contribution in [3.05, 3.63) is 25.3 Å². The average Bonchev–Trinajstić information content (AvgIpc) is 2.60. The fourth-order valence-corrected chi connectivity index (χ4v) is 2.26. The first-order valence-corrected chi connectivity index (χ1v) is 6.32. The van der Waals surface area contributed by atoms with E-state index in [1.54, 1.807) is 0 Å². The van der Waals surface area contributed by atoms with Crippen LogP contribution in [0.1, 0.15) is 0 Å². The van der Waals surface area contributed by atoms with Crippen LogP contribution in [0.25, 0.3) is 10.8 Å². The van der Waals surface area contributed by atoms with E-state index in [9.17, 15) is 0 Å². The molecule has 0 fully saturated rings. The van der Waals surface area contributed by atoms with Crippen LogP contribution >= 0.6 is 62.1 Å². The molecule has 0 amide bonds. The molecule has 8 heteroatoms. The molecule has 78 valence electrons. The van der Waals surface area contributed by atoms with Gasteiger partial charge in [-0.05, 0) is 15.9 Å². The molecule has 0 atom stereocenters. The summed E-state index contributed by atoms with van der Waals surface area (Å²) in [6.07, 6.45) is 1.52. The summed E-state index contributed by atoms with van der Waals surface area (Å²) in [5.41, 5.74) is 0. The molecule has 0 spiro atoms. The molecule has 0 saturated carbocycles. The van der Waals surface area contributed by atoms with Crippen LogP contribution in [0.4, 0.5) is 0 Å². The first-order chi connectivity index (χ1) is 7.08. The van der Waals surface area contributed by atoms with Crippen molar-refractivity contribution in [2.24, 2.45) is 0 Å². The van der Waals surface area contributed by atoms with E-state index >= 15 is 0 Å². The lowest BCUT2D eigenvalue weighted by molar-refractivity contribution is 1.15. The third kappa shape index (κ3) is 2.42. The van der Waals surface area contributed by atoms with Gasteiger partial charge in [-0.2, -0.15) is 0 Å². The molecule has 0 N–H and O–H groups in total. The third-order valence-corrected chi connectivity index (χ3v) is 4.30. The Labute approximate surface area is 113 Å². The largest absolute Gasteiger partial charge is 0.240 e. The quantitative estimate of drug-likeness (QED) is 0.723. The van der Waals surface area contributed by atoms with Crippen molar-refractivity contribution in [3.63, 3.8) is 0 Å². The maximum absolute atomic E-state index is 5.84. The molecule has 2 rings (SSSR count). The molecule has 0 aromatic carbocycles. The van der Waals surface area contributed by atoms with Gasteiger partial charge in [-0.15, -0.1) is 0 Å². The first-order valence-electron chi connectivity index (χ1n) is 3.58. The standard InChI is InChI=1S/C7HBrCl3N3S/c8-3-4(10)13-6(14-5(3)11)7-12-1-2(9)15-7/h1H. The predicted octanol–water partition coefficient (Wildman–Crippen LogP) is 4.32. The second-order valence-corrected chi connectivity index (χ2v) is 5.58. The van der Waals surface area contributed by atoms with E-state index in [1.807, 2.05) is 0 Å². The molecule has 0 aliphatic carbocycles. The maximum atomic E-state index is 5.84. The van der Waals surface area contributed by atoms with E-state index in [0.29, 0.717) is 19.6 Å². The molecule has 2 heterocycles.